The van der Waals surface area contributed by atoms with Gasteiger partial charge in [-0.05, 0) is 19.4 Å². The van der Waals surface area contributed by atoms with Crippen LogP contribution in [0.5, 0.6) is 0 Å². The Morgan fingerprint density at radius 1 is 1.56 bits per heavy atom. The van der Waals surface area contributed by atoms with E-state index in [4.69, 9.17) is 5.21 Å². The molecule has 0 aliphatic carbocycles. The average Bonchev–Trinajstić information content (AvgIpc) is 1.85. The van der Waals surface area contributed by atoms with Gasteiger partial charge in [-0.2, -0.15) is 0 Å². The van der Waals surface area contributed by atoms with Crippen LogP contribution in [0, 0.1) is 0 Å². The Morgan fingerprint density at radius 3 is 2.67 bits per heavy atom. The molecule has 0 saturated carbocycles. The molecule has 0 rings (SSSR count). The normalized spacial score (nSPS) is 13.8. The summed E-state index contributed by atoms with van der Waals surface area (Å²) < 4.78 is 0. The van der Waals surface area contributed by atoms with Gasteiger partial charge in [0.1, 0.15) is 0 Å². The van der Waals surface area contributed by atoms with Crippen molar-refractivity contribution in [3.05, 3.63) is 23.8 Å². The zero-order chi connectivity index (χ0) is 7.11. The summed E-state index contributed by atoms with van der Waals surface area (Å²) in [4.78, 5) is 0. The van der Waals surface area contributed by atoms with Gasteiger partial charge in [0.15, 0.2) is 0 Å². The second kappa shape index (κ2) is 5.09. The zero-order valence-electron chi connectivity index (χ0n) is 5.70. The van der Waals surface area contributed by atoms with Crippen molar-refractivity contribution in [1.29, 1.82) is 0 Å². The van der Waals surface area contributed by atoms with Gasteiger partial charge >= 0.3 is 0 Å². The van der Waals surface area contributed by atoms with Crippen LogP contribution in [0.3, 0.4) is 0 Å². The van der Waals surface area contributed by atoms with E-state index in [1.54, 1.807) is 0 Å². The Bertz CT molecular complexity index is 145. The summed E-state index contributed by atoms with van der Waals surface area (Å²) in [5.41, 5.74) is 0.926. The van der Waals surface area contributed by atoms with Gasteiger partial charge in [-0.15, -0.1) is 0 Å². The molecule has 0 heterocycles. The highest BCUT2D eigenvalue weighted by atomic mass is 16.4. The molecule has 0 aliphatic heterocycles. The van der Waals surface area contributed by atoms with Crippen LogP contribution in [0.2, 0.25) is 0 Å². The lowest BCUT2D eigenvalue weighted by Gasteiger charge is -1.81. The SMILES string of the molecule is C\C=C/C=C(C)\C=N\O. The minimum atomic E-state index is 0.926. The van der Waals surface area contributed by atoms with Crippen molar-refractivity contribution < 1.29 is 5.21 Å². The molecule has 0 aromatic carbocycles. The van der Waals surface area contributed by atoms with E-state index < -0.39 is 0 Å². The number of hydrogen-bond acceptors (Lipinski definition) is 2. The Hall–Kier alpha value is -1.05. The molecule has 0 bridgehead atoms. The molecule has 0 fully saturated rings. The van der Waals surface area contributed by atoms with Crippen LogP contribution in [-0.2, 0) is 0 Å². The first-order chi connectivity index (χ1) is 4.31. The zero-order valence-corrected chi connectivity index (χ0v) is 5.70. The third kappa shape index (κ3) is 4.81. The van der Waals surface area contributed by atoms with Gasteiger partial charge in [-0.3, -0.25) is 0 Å². The molecule has 1 N–H and O–H groups in total. The van der Waals surface area contributed by atoms with Gasteiger partial charge in [-0.25, -0.2) is 0 Å². The highest BCUT2D eigenvalue weighted by Crippen LogP contribution is 1.87. The molecule has 0 unspecified atom stereocenters. The van der Waals surface area contributed by atoms with E-state index >= 15 is 0 Å². The Morgan fingerprint density at radius 2 is 2.22 bits per heavy atom. The van der Waals surface area contributed by atoms with E-state index in [1.165, 1.54) is 6.21 Å². The minimum Gasteiger partial charge on any atom is -0.411 e. The van der Waals surface area contributed by atoms with Gasteiger partial charge < -0.3 is 5.21 Å². The Labute approximate surface area is 55.2 Å². The molecule has 0 aromatic rings. The van der Waals surface area contributed by atoms with Crippen LogP contribution in [0.1, 0.15) is 13.8 Å². The largest absolute Gasteiger partial charge is 0.411 e. The fraction of sp³-hybridized carbons (Fsp3) is 0.286. The third-order valence-electron chi connectivity index (χ3n) is 0.813. The maximum absolute atomic E-state index is 8.04. The summed E-state index contributed by atoms with van der Waals surface area (Å²) in [5.74, 6) is 0. The summed E-state index contributed by atoms with van der Waals surface area (Å²) in [6, 6.07) is 0. The number of oxime groups is 1. The maximum atomic E-state index is 8.04. The van der Waals surface area contributed by atoms with E-state index in [2.05, 4.69) is 5.16 Å². The molecule has 0 atom stereocenters. The monoisotopic (exact) mass is 125 g/mol. The Balaban J connectivity index is 3.84. The van der Waals surface area contributed by atoms with Crippen molar-refractivity contribution in [2.45, 2.75) is 13.8 Å². The average molecular weight is 125 g/mol. The van der Waals surface area contributed by atoms with Gasteiger partial charge in [0.2, 0.25) is 0 Å². The van der Waals surface area contributed by atoms with E-state index in [0.29, 0.717) is 0 Å². The second-order valence-corrected chi connectivity index (χ2v) is 1.68. The fourth-order valence-electron chi connectivity index (χ4n) is 0.382. The molecule has 0 radical (unpaired) electrons. The molecule has 0 aromatic heterocycles. The summed E-state index contributed by atoms with van der Waals surface area (Å²) in [6.45, 7) is 3.79. The molecule has 9 heavy (non-hydrogen) atoms. The lowest BCUT2D eigenvalue weighted by molar-refractivity contribution is 0.321. The number of nitrogens with zero attached hydrogens (tertiary/aromatic N) is 1. The first-order valence-electron chi connectivity index (χ1n) is 2.78. The highest BCUT2D eigenvalue weighted by Gasteiger charge is 1.75. The molecular formula is C7H11NO. The predicted molar refractivity (Wildman–Crippen MR) is 38.8 cm³/mol. The van der Waals surface area contributed by atoms with Crippen LogP contribution in [0.25, 0.3) is 0 Å². The summed E-state index contributed by atoms with van der Waals surface area (Å²) in [7, 11) is 0. The van der Waals surface area contributed by atoms with Crippen molar-refractivity contribution in [1.82, 2.24) is 0 Å². The van der Waals surface area contributed by atoms with Gasteiger partial charge in [-0.1, -0.05) is 23.4 Å². The molecular weight excluding hydrogens is 114 g/mol. The standard InChI is InChI=1S/C7H11NO/c1-3-4-5-7(2)6-8-9/h3-6,9H,1-2H3/b4-3-,7-5-,8-6+. The Kier molecular flexibility index (Phi) is 4.50. The van der Waals surface area contributed by atoms with Crippen LogP contribution < -0.4 is 0 Å². The smallest absolute Gasteiger partial charge is 0.0690 e. The summed E-state index contributed by atoms with van der Waals surface area (Å²) in [5, 5.41) is 10.9. The first-order valence-corrected chi connectivity index (χ1v) is 2.78. The fourth-order valence-corrected chi connectivity index (χ4v) is 0.382. The minimum absolute atomic E-state index is 0.926. The van der Waals surface area contributed by atoms with Crippen molar-refractivity contribution in [2.75, 3.05) is 0 Å². The van der Waals surface area contributed by atoms with Crippen LogP contribution >= 0.6 is 0 Å². The number of allylic oxidation sites excluding steroid dienone is 4. The lowest BCUT2D eigenvalue weighted by atomic mass is 10.3. The molecule has 0 spiro atoms. The van der Waals surface area contributed by atoms with Gasteiger partial charge in [0, 0.05) is 0 Å². The predicted octanol–water partition coefficient (Wildman–Crippen LogP) is 1.97. The van der Waals surface area contributed by atoms with Crippen molar-refractivity contribution in [3.63, 3.8) is 0 Å². The topological polar surface area (TPSA) is 32.6 Å². The van der Waals surface area contributed by atoms with Crippen molar-refractivity contribution in [3.8, 4) is 0 Å². The van der Waals surface area contributed by atoms with Crippen molar-refractivity contribution in [2.24, 2.45) is 5.16 Å². The van der Waals surface area contributed by atoms with E-state index in [0.717, 1.165) is 5.57 Å². The van der Waals surface area contributed by atoms with Gasteiger partial charge in [0.05, 0.1) is 6.21 Å². The number of hydrogen-bond donors (Lipinski definition) is 1. The van der Waals surface area contributed by atoms with E-state index in [-0.39, 0.29) is 0 Å². The van der Waals surface area contributed by atoms with Crippen LogP contribution in [0.4, 0.5) is 0 Å². The quantitative estimate of drug-likeness (QED) is 0.260. The molecule has 0 amide bonds. The molecule has 2 heteroatoms. The number of rotatable bonds is 2. The van der Waals surface area contributed by atoms with Crippen LogP contribution in [-0.4, -0.2) is 11.4 Å². The lowest BCUT2D eigenvalue weighted by Crippen LogP contribution is -1.73. The molecule has 2 nitrogen and oxygen atoms in total. The van der Waals surface area contributed by atoms with E-state index in [1.807, 2.05) is 32.1 Å². The van der Waals surface area contributed by atoms with Crippen molar-refractivity contribution >= 4 is 6.21 Å². The highest BCUT2D eigenvalue weighted by molar-refractivity contribution is 5.77. The maximum Gasteiger partial charge on any atom is 0.0690 e. The summed E-state index contributed by atoms with van der Waals surface area (Å²) >= 11 is 0. The first kappa shape index (κ1) is 7.95. The molecule has 0 saturated heterocycles. The third-order valence-corrected chi connectivity index (χ3v) is 0.813. The molecule has 50 valence electrons. The second-order valence-electron chi connectivity index (χ2n) is 1.68. The van der Waals surface area contributed by atoms with Gasteiger partial charge in [0.25, 0.3) is 0 Å². The molecule has 0 aliphatic rings. The van der Waals surface area contributed by atoms with Crippen LogP contribution in [0.15, 0.2) is 29.0 Å². The van der Waals surface area contributed by atoms with E-state index in [9.17, 15) is 0 Å². The summed E-state index contributed by atoms with van der Waals surface area (Å²) in [6.07, 6.45) is 7.05.